The van der Waals surface area contributed by atoms with Crippen molar-refractivity contribution in [3.63, 3.8) is 0 Å². The van der Waals surface area contributed by atoms with Crippen molar-refractivity contribution in [3.05, 3.63) is 63.3 Å². The molecule has 160 valence electrons. The molecule has 30 heavy (non-hydrogen) atoms. The average molecular weight is 464 g/mol. The topological polar surface area (TPSA) is 71.5 Å². The van der Waals surface area contributed by atoms with E-state index in [1.165, 1.54) is 11.8 Å². The Kier molecular flexibility index (Phi) is 6.97. The first kappa shape index (κ1) is 21.6. The van der Waals surface area contributed by atoms with E-state index in [4.69, 9.17) is 9.72 Å². The number of thiophene rings is 1. The van der Waals surface area contributed by atoms with Crippen LogP contribution in [0.3, 0.4) is 0 Å². The molecule has 4 rings (SSSR count). The number of morpholine rings is 1. The van der Waals surface area contributed by atoms with Crippen molar-refractivity contribution in [1.29, 1.82) is 0 Å². The number of thiazole rings is 1. The van der Waals surface area contributed by atoms with Crippen LogP contribution in [0.15, 0.2) is 47.8 Å². The quantitative estimate of drug-likeness (QED) is 0.553. The summed E-state index contributed by atoms with van der Waals surface area (Å²) in [6.07, 6.45) is 1.85. The highest BCUT2D eigenvalue weighted by Crippen LogP contribution is 2.33. The van der Waals surface area contributed by atoms with Crippen molar-refractivity contribution < 1.29 is 13.2 Å². The van der Waals surface area contributed by atoms with Crippen LogP contribution in [0.4, 0.5) is 0 Å². The van der Waals surface area contributed by atoms with Gasteiger partial charge in [0.2, 0.25) is 10.0 Å². The van der Waals surface area contributed by atoms with E-state index in [9.17, 15) is 8.42 Å². The number of ether oxygens (including phenoxy) is 1. The molecule has 1 aromatic carbocycles. The third-order valence-electron chi connectivity index (χ3n) is 4.85. The molecule has 0 saturated carbocycles. The number of hydrogen-bond donors (Lipinski definition) is 1. The van der Waals surface area contributed by atoms with E-state index in [0.29, 0.717) is 19.6 Å². The fourth-order valence-corrected chi connectivity index (χ4v) is 5.77. The van der Waals surface area contributed by atoms with Gasteiger partial charge in [-0.3, -0.25) is 4.90 Å². The van der Waals surface area contributed by atoms with Crippen molar-refractivity contribution in [3.8, 4) is 10.6 Å². The van der Waals surface area contributed by atoms with E-state index in [-0.39, 0.29) is 6.10 Å². The van der Waals surface area contributed by atoms with Gasteiger partial charge in [0.15, 0.2) is 0 Å². The lowest BCUT2D eigenvalue weighted by molar-refractivity contribution is -0.0329. The van der Waals surface area contributed by atoms with Crippen molar-refractivity contribution in [2.75, 3.05) is 32.5 Å². The molecule has 0 amide bonds. The van der Waals surface area contributed by atoms with Crippen LogP contribution >= 0.6 is 22.7 Å². The van der Waals surface area contributed by atoms with Crippen molar-refractivity contribution in [1.82, 2.24) is 14.6 Å². The maximum Gasteiger partial charge on any atom is 0.208 e. The lowest BCUT2D eigenvalue weighted by atomic mass is 10.2. The number of nitrogens with zero attached hydrogens (tertiary/aromatic N) is 2. The highest BCUT2D eigenvalue weighted by molar-refractivity contribution is 7.88. The minimum atomic E-state index is -3.15. The van der Waals surface area contributed by atoms with Crippen LogP contribution < -0.4 is 4.72 Å². The van der Waals surface area contributed by atoms with Crippen LogP contribution in [0.25, 0.3) is 10.6 Å². The van der Waals surface area contributed by atoms with E-state index in [1.54, 1.807) is 22.7 Å². The number of aromatic nitrogens is 1. The summed E-state index contributed by atoms with van der Waals surface area (Å²) in [7, 11) is -3.15. The zero-order valence-electron chi connectivity index (χ0n) is 16.8. The molecule has 0 spiro atoms. The molecule has 3 heterocycles. The molecule has 0 radical (unpaired) electrons. The Balaban J connectivity index is 1.36. The second kappa shape index (κ2) is 9.67. The van der Waals surface area contributed by atoms with Crippen molar-refractivity contribution >= 4 is 32.7 Å². The number of rotatable bonds is 8. The Morgan fingerprint density at radius 1 is 1.23 bits per heavy atom. The molecule has 1 saturated heterocycles. The number of nitrogens with one attached hydrogen (secondary N) is 1. The fraction of sp³-hybridized carbons (Fsp3) is 0.381. The van der Waals surface area contributed by atoms with Crippen LogP contribution in [0.1, 0.15) is 21.6 Å². The predicted molar refractivity (Wildman–Crippen MR) is 122 cm³/mol. The molecule has 2 aromatic heterocycles. The second-order valence-electron chi connectivity index (χ2n) is 7.33. The molecule has 6 nitrogen and oxygen atoms in total. The molecule has 3 aromatic rings. The average Bonchev–Trinajstić information content (AvgIpc) is 3.38. The smallest absolute Gasteiger partial charge is 0.208 e. The highest BCUT2D eigenvalue weighted by atomic mass is 32.2. The van der Waals surface area contributed by atoms with Gasteiger partial charge in [0.05, 0.1) is 23.4 Å². The molecular weight excluding hydrogens is 438 g/mol. The van der Waals surface area contributed by atoms with Gasteiger partial charge in [-0.1, -0.05) is 30.3 Å². The number of sulfonamides is 1. The summed E-state index contributed by atoms with van der Waals surface area (Å²) in [6.45, 7) is 3.82. The standard InChI is InChI=1S/C21H25N3O3S3/c1-30(25,26)22-10-9-17-7-8-20(29-17)18-15-28-21(23-18)19-14-24(11-12-27-19)13-16-5-3-2-4-6-16/h2-8,15,19,22H,9-14H2,1H3. The minimum Gasteiger partial charge on any atom is -0.368 e. The normalized spacial score (nSPS) is 18.0. The van der Waals surface area contributed by atoms with Crippen LogP contribution in [0.2, 0.25) is 0 Å². The van der Waals surface area contributed by atoms with E-state index in [2.05, 4.69) is 45.3 Å². The third-order valence-corrected chi connectivity index (χ3v) is 7.68. The summed E-state index contributed by atoms with van der Waals surface area (Å²) in [4.78, 5) is 9.50. The molecule has 1 aliphatic heterocycles. The molecule has 0 aliphatic carbocycles. The first-order valence-electron chi connectivity index (χ1n) is 9.83. The van der Waals surface area contributed by atoms with Gasteiger partial charge in [0, 0.05) is 36.4 Å². The van der Waals surface area contributed by atoms with Gasteiger partial charge in [-0.2, -0.15) is 0 Å². The Morgan fingerprint density at radius 2 is 2.07 bits per heavy atom. The second-order valence-corrected chi connectivity index (χ2v) is 11.2. The van der Waals surface area contributed by atoms with Crippen LogP contribution in [-0.2, 0) is 27.7 Å². The van der Waals surface area contributed by atoms with E-state index < -0.39 is 10.0 Å². The van der Waals surface area contributed by atoms with Crippen molar-refractivity contribution in [2.45, 2.75) is 19.1 Å². The largest absolute Gasteiger partial charge is 0.368 e. The third kappa shape index (κ3) is 5.96. The molecule has 1 N–H and O–H groups in total. The molecule has 1 unspecified atom stereocenters. The van der Waals surface area contributed by atoms with Crippen LogP contribution in [0.5, 0.6) is 0 Å². The van der Waals surface area contributed by atoms with Gasteiger partial charge in [0.25, 0.3) is 0 Å². The highest BCUT2D eigenvalue weighted by Gasteiger charge is 2.25. The van der Waals surface area contributed by atoms with Gasteiger partial charge in [0.1, 0.15) is 11.1 Å². The summed E-state index contributed by atoms with van der Waals surface area (Å²) in [6, 6.07) is 14.6. The lowest BCUT2D eigenvalue weighted by Gasteiger charge is -2.31. The minimum absolute atomic E-state index is 0.000365. The Hall–Kier alpha value is -1.62. The van der Waals surface area contributed by atoms with Gasteiger partial charge in [-0.15, -0.1) is 22.7 Å². The first-order valence-corrected chi connectivity index (χ1v) is 13.4. The zero-order chi connectivity index (χ0) is 21.0. The van der Waals surface area contributed by atoms with Gasteiger partial charge < -0.3 is 4.74 Å². The summed E-state index contributed by atoms with van der Waals surface area (Å²) < 4.78 is 30.9. The maximum absolute atomic E-state index is 11.2. The SMILES string of the molecule is CS(=O)(=O)NCCc1ccc(-c2csc(C3CN(Cc4ccccc4)CCO3)n2)s1. The van der Waals surface area contributed by atoms with Gasteiger partial charge >= 0.3 is 0 Å². The van der Waals surface area contributed by atoms with Crippen LogP contribution in [0, 0.1) is 0 Å². The van der Waals surface area contributed by atoms with E-state index in [1.807, 2.05) is 12.1 Å². The maximum atomic E-state index is 11.2. The summed E-state index contributed by atoms with van der Waals surface area (Å²) in [5.74, 6) is 0. The molecule has 1 aliphatic rings. The summed E-state index contributed by atoms with van der Waals surface area (Å²) in [5, 5.41) is 3.09. The van der Waals surface area contributed by atoms with E-state index in [0.717, 1.165) is 40.1 Å². The summed E-state index contributed by atoms with van der Waals surface area (Å²) in [5.41, 5.74) is 2.28. The monoisotopic (exact) mass is 463 g/mol. The van der Waals surface area contributed by atoms with Gasteiger partial charge in [-0.05, 0) is 24.1 Å². The number of benzene rings is 1. The van der Waals surface area contributed by atoms with Crippen LogP contribution in [-0.4, -0.2) is 50.8 Å². The number of hydrogen-bond acceptors (Lipinski definition) is 7. The molecule has 9 heteroatoms. The molecule has 1 atom stereocenters. The lowest BCUT2D eigenvalue weighted by Crippen LogP contribution is -2.37. The molecule has 1 fully saturated rings. The fourth-order valence-electron chi connectivity index (χ4n) is 3.40. The van der Waals surface area contributed by atoms with Crippen molar-refractivity contribution in [2.24, 2.45) is 0 Å². The first-order chi connectivity index (χ1) is 14.5. The van der Waals surface area contributed by atoms with Gasteiger partial charge in [-0.25, -0.2) is 18.1 Å². The van der Waals surface area contributed by atoms with E-state index >= 15 is 0 Å². The Bertz CT molecular complexity index is 1060. The molecular formula is C21H25N3O3S3. The molecule has 0 bridgehead atoms. The Labute approximate surface area is 185 Å². The Morgan fingerprint density at radius 3 is 2.87 bits per heavy atom. The zero-order valence-corrected chi connectivity index (χ0v) is 19.2. The predicted octanol–water partition coefficient (Wildman–Crippen LogP) is 3.54. The summed E-state index contributed by atoms with van der Waals surface area (Å²) >= 11 is 3.30.